The van der Waals surface area contributed by atoms with E-state index in [0.717, 1.165) is 36.3 Å². The number of nitrogens with zero attached hydrogens (tertiary/aromatic N) is 5. The predicted molar refractivity (Wildman–Crippen MR) is 129 cm³/mol. The maximum absolute atomic E-state index is 13.3. The molecule has 5 rings (SSSR count). The molecule has 35 heavy (non-hydrogen) atoms. The molecule has 0 saturated heterocycles. The van der Waals surface area contributed by atoms with Gasteiger partial charge >= 0.3 is 11.7 Å². The van der Waals surface area contributed by atoms with Crippen molar-refractivity contribution in [3.05, 3.63) is 87.5 Å². The standard InChI is InChI=1S/C25H23FN6O3/c1-30-10-8-17(9-11-30)22-12-18-14-31(15-19(18)13-27-22)25(33)29-24-23(32(34)35)7-6-21(28-24)16-2-4-20(26)5-3-16/h2-8,12-13H,9-11,14-15H2,1H3,(H,28,29,33). The van der Waals surface area contributed by atoms with Crippen LogP contribution in [-0.2, 0) is 13.1 Å². The van der Waals surface area contributed by atoms with Gasteiger partial charge in [0.05, 0.1) is 16.3 Å². The van der Waals surface area contributed by atoms with Crippen LogP contribution in [0.25, 0.3) is 16.8 Å². The van der Waals surface area contributed by atoms with Crippen molar-refractivity contribution in [3.63, 3.8) is 0 Å². The van der Waals surface area contributed by atoms with E-state index in [0.29, 0.717) is 24.3 Å². The van der Waals surface area contributed by atoms with E-state index >= 15 is 0 Å². The molecule has 1 aromatic carbocycles. The summed E-state index contributed by atoms with van der Waals surface area (Å²) in [6.45, 7) is 2.57. The largest absolute Gasteiger partial charge is 0.323 e. The molecule has 0 radical (unpaired) electrons. The van der Waals surface area contributed by atoms with Crippen molar-refractivity contribution in [2.45, 2.75) is 19.5 Å². The van der Waals surface area contributed by atoms with Crippen LogP contribution in [0.5, 0.6) is 0 Å². The van der Waals surface area contributed by atoms with Crippen molar-refractivity contribution < 1.29 is 14.1 Å². The average Bonchev–Trinajstić information content (AvgIpc) is 3.28. The zero-order valence-corrected chi connectivity index (χ0v) is 19.1. The summed E-state index contributed by atoms with van der Waals surface area (Å²) in [5.41, 5.74) is 4.71. The SMILES string of the molecule is CN1CC=C(c2cc3c(cn2)CN(C(=O)Nc2nc(-c4ccc(F)cc4)ccc2[N+](=O)[O-])C3)CC1. The minimum atomic E-state index is -0.596. The smallest absolute Gasteiger partial charge is 0.316 e. The molecule has 3 aromatic rings. The van der Waals surface area contributed by atoms with Crippen LogP contribution in [0, 0.1) is 15.9 Å². The number of aromatic nitrogens is 2. The van der Waals surface area contributed by atoms with E-state index in [1.807, 2.05) is 6.07 Å². The maximum atomic E-state index is 13.3. The van der Waals surface area contributed by atoms with Gasteiger partial charge in [-0.15, -0.1) is 0 Å². The van der Waals surface area contributed by atoms with E-state index < -0.39 is 16.8 Å². The number of likely N-dealkylation sites (N-methyl/N-ethyl adjacent to an activating group) is 1. The Balaban J connectivity index is 1.34. The number of fused-ring (bicyclic) bond motifs is 1. The van der Waals surface area contributed by atoms with Crippen molar-refractivity contribution in [2.24, 2.45) is 0 Å². The van der Waals surface area contributed by atoms with Crippen molar-refractivity contribution in [2.75, 3.05) is 25.5 Å². The average molecular weight is 474 g/mol. The number of urea groups is 1. The summed E-state index contributed by atoms with van der Waals surface area (Å²) in [7, 11) is 2.08. The van der Waals surface area contributed by atoms with Crippen molar-refractivity contribution in [3.8, 4) is 11.3 Å². The lowest BCUT2D eigenvalue weighted by Crippen LogP contribution is -2.30. The number of hydrogen-bond donors (Lipinski definition) is 1. The van der Waals surface area contributed by atoms with Crippen LogP contribution in [0.4, 0.5) is 20.7 Å². The molecule has 0 fully saturated rings. The highest BCUT2D eigenvalue weighted by molar-refractivity contribution is 5.91. The Bertz CT molecular complexity index is 1340. The van der Waals surface area contributed by atoms with Gasteiger partial charge in [-0.3, -0.25) is 20.4 Å². The predicted octanol–water partition coefficient (Wildman–Crippen LogP) is 4.46. The number of nitrogens with one attached hydrogen (secondary N) is 1. The Kier molecular flexibility index (Phi) is 5.96. The summed E-state index contributed by atoms with van der Waals surface area (Å²) in [4.78, 5) is 36.7. The van der Waals surface area contributed by atoms with Gasteiger partial charge in [-0.05, 0) is 66.6 Å². The molecule has 9 nitrogen and oxygen atoms in total. The fourth-order valence-electron chi connectivity index (χ4n) is 4.26. The number of anilines is 1. The molecular weight excluding hydrogens is 451 g/mol. The third-order valence-electron chi connectivity index (χ3n) is 6.27. The first-order valence-corrected chi connectivity index (χ1v) is 11.2. The van der Waals surface area contributed by atoms with Crippen LogP contribution in [0.2, 0.25) is 0 Å². The fourth-order valence-corrected chi connectivity index (χ4v) is 4.26. The van der Waals surface area contributed by atoms with Gasteiger partial charge in [-0.25, -0.2) is 14.2 Å². The first kappa shape index (κ1) is 22.6. The van der Waals surface area contributed by atoms with Crippen LogP contribution in [0.15, 0.2) is 54.7 Å². The Morgan fingerprint density at radius 1 is 1.11 bits per heavy atom. The summed E-state index contributed by atoms with van der Waals surface area (Å²) >= 11 is 0. The molecule has 2 aliphatic rings. The maximum Gasteiger partial charge on any atom is 0.323 e. The number of halogens is 1. The van der Waals surface area contributed by atoms with Gasteiger partial charge in [0.25, 0.3) is 0 Å². The number of carbonyl (C=O) groups excluding carboxylic acids is 1. The van der Waals surface area contributed by atoms with Crippen LogP contribution in [-0.4, -0.2) is 50.9 Å². The van der Waals surface area contributed by atoms with Gasteiger partial charge in [-0.1, -0.05) is 6.08 Å². The summed E-state index contributed by atoms with van der Waals surface area (Å²) < 4.78 is 13.3. The highest BCUT2D eigenvalue weighted by Gasteiger charge is 2.27. The van der Waals surface area contributed by atoms with Crippen molar-refractivity contribution in [1.29, 1.82) is 0 Å². The third-order valence-corrected chi connectivity index (χ3v) is 6.27. The number of carbonyl (C=O) groups is 1. The van der Waals surface area contributed by atoms with E-state index in [2.05, 4.69) is 33.3 Å². The lowest BCUT2D eigenvalue weighted by molar-refractivity contribution is -0.384. The van der Waals surface area contributed by atoms with Crippen LogP contribution < -0.4 is 5.32 Å². The van der Waals surface area contributed by atoms with Crippen molar-refractivity contribution in [1.82, 2.24) is 19.8 Å². The zero-order chi connectivity index (χ0) is 24.5. The Hall–Kier alpha value is -4.18. The molecular formula is C25H23FN6O3. The molecule has 2 aromatic heterocycles. The minimum absolute atomic E-state index is 0.159. The number of nitro groups is 1. The summed E-state index contributed by atoms with van der Waals surface area (Å²) in [5, 5.41) is 14.1. The number of pyridine rings is 2. The molecule has 1 N–H and O–H groups in total. The Labute approximate surface area is 201 Å². The molecule has 178 valence electrons. The fraction of sp³-hybridized carbons (Fsp3) is 0.240. The molecule has 10 heteroatoms. The zero-order valence-electron chi connectivity index (χ0n) is 19.1. The summed E-state index contributed by atoms with van der Waals surface area (Å²) in [6.07, 6.45) is 4.90. The monoisotopic (exact) mass is 474 g/mol. The molecule has 0 atom stereocenters. The van der Waals surface area contributed by atoms with Crippen LogP contribution in [0.1, 0.15) is 23.2 Å². The van der Waals surface area contributed by atoms with E-state index in [-0.39, 0.29) is 11.5 Å². The molecule has 0 bridgehead atoms. The van der Waals surface area contributed by atoms with Crippen molar-refractivity contribution >= 4 is 23.1 Å². The molecule has 0 unspecified atom stereocenters. The van der Waals surface area contributed by atoms with E-state index in [1.165, 1.54) is 42.0 Å². The molecule has 2 aliphatic heterocycles. The van der Waals surface area contributed by atoms with Gasteiger partial charge in [0, 0.05) is 44.0 Å². The van der Waals surface area contributed by atoms with Crippen LogP contribution >= 0.6 is 0 Å². The molecule has 0 spiro atoms. The second-order valence-corrected chi connectivity index (χ2v) is 8.69. The highest BCUT2D eigenvalue weighted by atomic mass is 19.1. The van der Waals surface area contributed by atoms with Gasteiger partial charge in [0.2, 0.25) is 5.82 Å². The quantitative estimate of drug-likeness (QED) is 0.442. The number of rotatable bonds is 4. The minimum Gasteiger partial charge on any atom is -0.316 e. The van der Waals surface area contributed by atoms with Gasteiger partial charge in [0.15, 0.2) is 0 Å². The van der Waals surface area contributed by atoms with Gasteiger partial charge in [0.1, 0.15) is 5.82 Å². The topological polar surface area (TPSA) is 104 Å². The van der Waals surface area contributed by atoms with E-state index in [1.54, 1.807) is 11.1 Å². The van der Waals surface area contributed by atoms with Gasteiger partial charge < -0.3 is 9.80 Å². The highest BCUT2D eigenvalue weighted by Crippen LogP contribution is 2.30. The number of amides is 2. The second kappa shape index (κ2) is 9.22. The molecule has 0 saturated carbocycles. The number of benzene rings is 1. The first-order chi connectivity index (χ1) is 16.9. The van der Waals surface area contributed by atoms with Gasteiger partial charge in [-0.2, -0.15) is 0 Å². The van der Waals surface area contributed by atoms with Crippen LogP contribution in [0.3, 0.4) is 0 Å². The summed E-state index contributed by atoms with van der Waals surface area (Å²) in [5.74, 6) is -0.560. The first-order valence-electron chi connectivity index (χ1n) is 11.2. The molecule has 4 heterocycles. The molecule has 2 amide bonds. The Morgan fingerprint density at radius 2 is 1.89 bits per heavy atom. The third kappa shape index (κ3) is 4.73. The Morgan fingerprint density at radius 3 is 2.60 bits per heavy atom. The number of hydrogen-bond acceptors (Lipinski definition) is 6. The van der Waals surface area contributed by atoms with E-state index in [4.69, 9.17) is 0 Å². The second-order valence-electron chi connectivity index (χ2n) is 8.69. The lowest BCUT2D eigenvalue weighted by atomic mass is 10.0. The molecule has 0 aliphatic carbocycles. The lowest BCUT2D eigenvalue weighted by Gasteiger charge is -2.21. The normalized spacial score (nSPS) is 15.5. The van der Waals surface area contributed by atoms with E-state index in [9.17, 15) is 19.3 Å². The summed E-state index contributed by atoms with van der Waals surface area (Å²) in [6, 6.07) is 9.89.